The van der Waals surface area contributed by atoms with Crippen molar-refractivity contribution in [3.63, 3.8) is 0 Å². The van der Waals surface area contributed by atoms with Gasteiger partial charge in [-0.3, -0.25) is 5.32 Å². The van der Waals surface area contributed by atoms with Crippen LogP contribution in [-0.4, -0.2) is 54.3 Å². The lowest BCUT2D eigenvalue weighted by atomic mass is 9.84. The highest BCUT2D eigenvalue weighted by Gasteiger charge is 2.41. The Morgan fingerprint density at radius 2 is 2.15 bits per heavy atom. The first-order valence-electron chi connectivity index (χ1n) is 7.77. The molecule has 3 heterocycles. The average molecular weight is 276 g/mol. The summed E-state index contributed by atoms with van der Waals surface area (Å²) in [5.41, 5.74) is 4.41. The van der Waals surface area contributed by atoms with E-state index in [4.69, 9.17) is 5.11 Å². The molecule has 0 aromatic heterocycles. The fourth-order valence-corrected chi connectivity index (χ4v) is 3.83. The van der Waals surface area contributed by atoms with Crippen LogP contribution in [0.1, 0.15) is 26.2 Å². The standard InChI is InChI=1S/C16H26N3O/c1-11-13(4-3-8-17-11)15-10-18-16-14(15)6-5-12(7-9-20)19(16)2/h4,6,11,15-18,20H,3,5,7-10H2,1-2H3/q+1/t11-,15?,16?/m1/s1. The predicted molar refractivity (Wildman–Crippen MR) is 81.0 cm³/mol. The third-order valence-electron chi connectivity index (χ3n) is 4.97. The van der Waals surface area contributed by atoms with Crippen molar-refractivity contribution in [3.05, 3.63) is 23.3 Å². The summed E-state index contributed by atoms with van der Waals surface area (Å²) >= 11 is 0. The first-order valence-corrected chi connectivity index (χ1v) is 7.77. The van der Waals surface area contributed by atoms with Crippen molar-refractivity contribution in [2.75, 3.05) is 26.7 Å². The summed E-state index contributed by atoms with van der Waals surface area (Å²) < 4.78 is 2.33. The summed E-state index contributed by atoms with van der Waals surface area (Å²) in [6.07, 6.45) is 8.06. The normalized spacial score (nSPS) is 33.9. The van der Waals surface area contributed by atoms with Crippen LogP contribution in [0.4, 0.5) is 0 Å². The molecule has 1 fully saturated rings. The average Bonchev–Trinajstić information content (AvgIpc) is 2.87. The van der Waals surface area contributed by atoms with Crippen molar-refractivity contribution in [1.29, 1.82) is 0 Å². The number of nitrogens with one attached hydrogen (secondary N) is 2. The Morgan fingerprint density at radius 3 is 2.90 bits per heavy atom. The molecule has 0 radical (unpaired) electrons. The lowest BCUT2D eigenvalue weighted by Crippen LogP contribution is -2.40. The van der Waals surface area contributed by atoms with Gasteiger partial charge >= 0.3 is 0 Å². The van der Waals surface area contributed by atoms with E-state index in [-0.39, 0.29) is 6.61 Å². The molecule has 3 aliphatic rings. The van der Waals surface area contributed by atoms with E-state index in [2.05, 4.69) is 41.3 Å². The van der Waals surface area contributed by atoms with Gasteiger partial charge in [-0.2, -0.15) is 0 Å². The Kier molecular flexibility index (Phi) is 4.06. The number of nitrogens with zero attached hydrogens (tertiary/aromatic N) is 1. The van der Waals surface area contributed by atoms with Crippen LogP contribution in [-0.2, 0) is 0 Å². The van der Waals surface area contributed by atoms with E-state index in [1.807, 2.05) is 0 Å². The molecule has 3 atom stereocenters. The van der Waals surface area contributed by atoms with Crippen LogP contribution in [0, 0.1) is 5.92 Å². The molecule has 0 bridgehead atoms. The van der Waals surface area contributed by atoms with Gasteiger partial charge in [-0.15, -0.1) is 0 Å². The van der Waals surface area contributed by atoms with Crippen molar-refractivity contribution in [2.45, 2.75) is 38.4 Å². The molecular formula is C16H26N3O+. The molecule has 2 unspecified atom stereocenters. The van der Waals surface area contributed by atoms with Crippen LogP contribution in [0.2, 0.25) is 0 Å². The molecule has 3 rings (SSSR count). The first-order chi connectivity index (χ1) is 9.72. The zero-order valence-corrected chi connectivity index (χ0v) is 12.5. The second kappa shape index (κ2) is 5.80. The minimum absolute atomic E-state index is 0.241. The number of hydrogen-bond acceptors (Lipinski definition) is 3. The summed E-state index contributed by atoms with van der Waals surface area (Å²) in [5.74, 6) is 0.543. The molecule has 3 aliphatic heterocycles. The fourth-order valence-electron chi connectivity index (χ4n) is 3.83. The minimum Gasteiger partial charge on any atom is -0.396 e. The molecule has 0 aromatic carbocycles. The summed E-state index contributed by atoms with van der Waals surface area (Å²) in [4.78, 5) is 0. The second-order valence-corrected chi connectivity index (χ2v) is 6.09. The molecule has 4 nitrogen and oxygen atoms in total. The Labute approximate surface area is 121 Å². The van der Waals surface area contributed by atoms with E-state index in [0.29, 0.717) is 18.1 Å². The van der Waals surface area contributed by atoms with Gasteiger partial charge < -0.3 is 10.4 Å². The highest BCUT2D eigenvalue weighted by atomic mass is 16.3. The van der Waals surface area contributed by atoms with E-state index < -0.39 is 0 Å². The molecule has 0 aromatic rings. The van der Waals surface area contributed by atoms with Crippen LogP contribution in [0.25, 0.3) is 0 Å². The Bertz CT molecular complexity index is 478. The van der Waals surface area contributed by atoms with Crippen LogP contribution in [0.3, 0.4) is 0 Å². The molecule has 1 saturated heterocycles. The lowest BCUT2D eigenvalue weighted by Gasteiger charge is -2.28. The molecule has 0 aliphatic carbocycles. The zero-order chi connectivity index (χ0) is 14.1. The van der Waals surface area contributed by atoms with E-state index in [1.54, 1.807) is 5.57 Å². The SMILES string of the molecule is C[C@H]1NCCC=C1C1CNC2C1=CCC(CCO)=[N+]2C. The van der Waals surface area contributed by atoms with Gasteiger partial charge in [0.15, 0.2) is 5.71 Å². The zero-order valence-electron chi connectivity index (χ0n) is 12.5. The number of aliphatic hydroxyl groups excluding tert-OH is 1. The maximum absolute atomic E-state index is 9.16. The van der Waals surface area contributed by atoms with Gasteiger partial charge in [0, 0.05) is 30.5 Å². The minimum atomic E-state index is 0.241. The van der Waals surface area contributed by atoms with Crippen molar-refractivity contribution < 1.29 is 9.68 Å². The highest BCUT2D eigenvalue weighted by molar-refractivity contribution is 5.82. The molecule has 110 valence electrons. The third kappa shape index (κ3) is 2.36. The Hall–Kier alpha value is -0.970. The van der Waals surface area contributed by atoms with Gasteiger partial charge in [-0.05, 0) is 25.5 Å². The van der Waals surface area contributed by atoms with E-state index in [9.17, 15) is 0 Å². The summed E-state index contributed by atoms with van der Waals surface area (Å²) in [6.45, 7) is 4.65. The van der Waals surface area contributed by atoms with Crippen LogP contribution >= 0.6 is 0 Å². The van der Waals surface area contributed by atoms with Crippen LogP contribution in [0.15, 0.2) is 23.3 Å². The Balaban J connectivity index is 1.82. The van der Waals surface area contributed by atoms with Crippen LogP contribution in [0.5, 0.6) is 0 Å². The lowest BCUT2D eigenvalue weighted by molar-refractivity contribution is -0.535. The number of fused-ring (bicyclic) bond motifs is 1. The number of allylic oxidation sites excluding steroid dienone is 1. The van der Waals surface area contributed by atoms with E-state index >= 15 is 0 Å². The number of hydrogen-bond donors (Lipinski definition) is 3. The molecule has 0 saturated carbocycles. The van der Waals surface area contributed by atoms with Gasteiger partial charge in [0.2, 0.25) is 6.17 Å². The Morgan fingerprint density at radius 1 is 1.30 bits per heavy atom. The molecule has 3 N–H and O–H groups in total. The van der Waals surface area contributed by atoms with Gasteiger partial charge in [0.05, 0.1) is 13.0 Å². The molecule has 4 heteroatoms. The van der Waals surface area contributed by atoms with Crippen molar-refractivity contribution >= 4 is 5.71 Å². The van der Waals surface area contributed by atoms with Crippen LogP contribution < -0.4 is 10.6 Å². The van der Waals surface area contributed by atoms with Crippen molar-refractivity contribution in [3.8, 4) is 0 Å². The number of rotatable bonds is 3. The monoisotopic (exact) mass is 276 g/mol. The fraction of sp³-hybridized carbons (Fsp3) is 0.688. The molecular weight excluding hydrogens is 250 g/mol. The van der Waals surface area contributed by atoms with Gasteiger partial charge in [0.25, 0.3) is 0 Å². The largest absolute Gasteiger partial charge is 0.396 e. The van der Waals surface area contributed by atoms with Crippen molar-refractivity contribution in [2.24, 2.45) is 5.92 Å². The molecule has 20 heavy (non-hydrogen) atoms. The van der Waals surface area contributed by atoms with Crippen molar-refractivity contribution in [1.82, 2.24) is 10.6 Å². The molecule has 0 spiro atoms. The van der Waals surface area contributed by atoms with Gasteiger partial charge in [0.1, 0.15) is 7.05 Å². The van der Waals surface area contributed by atoms with Gasteiger partial charge in [-0.25, -0.2) is 4.58 Å². The second-order valence-electron chi connectivity index (χ2n) is 6.09. The smallest absolute Gasteiger partial charge is 0.229 e. The quantitative estimate of drug-likeness (QED) is 0.523. The first kappa shape index (κ1) is 14.0. The highest BCUT2D eigenvalue weighted by Crippen LogP contribution is 2.33. The van der Waals surface area contributed by atoms with Gasteiger partial charge in [-0.1, -0.05) is 12.2 Å². The summed E-state index contributed by atoms with van der Waals surface area (Å²) in [6, 6.07) is 0.489. The third-order valence-corrected chi connectivity index (χ3v) is 4.97. The van der Waals surface area contributed by atoms with E-state index in [0.717, 1.165) is 32.4 Å². The summed E-state index contributed by atoms with van der Waals surface area (Å²) in [5, 5.41) is 16.4. The van der Waals surface area contributed by atoms with E-state index in [1.165, 1.54) is 11.3 Å². The maximum atomic E-state index is 9.16. The number of likely N-dealkylation sites (N-methyl/N-ethyl adjacent to an activating group) is 1. The molecule has 0 amide bonds. The number of aliphatic hydroxyl groups is 1. The topological polar surface area (TPSA) is 47.3 Å². The maximum Gasteiger partial charge on any atom is 0.229 e. The summed E-state index contributed by atoms with van der Waals surface area (Å²) in [7, 11) is 2.15. The predicted octanol–water partition coefficient (Wildman–Crippen LogP) is 0.636.